The van der Waals surface area contributed by atoms with E-state index >= 15 is 0 Å². The summed E-state index contributed by atoms with van der Waals surface area (Å²) < 4.78 is 0. The van der Waals surface area contributed by atoms with Gasteiger partial charge in [-0.25, -0.2) is 4.79 Å². The fourth-order valence-electron chi connectivity index (χ4n) is 3.34. The zero-order chi connectivity index (χ0) is 26.8. The van der Waals surface area contributed by atoms with E-state index in [1.807, 2.05) is 20.1 Å². The van der Waals surface area contributed by atoms with Crippen molar-refractivity contribution in [3.8, 4) is 0 Å². The Labute approximate surface area is 213 Å². The van der Waals surface area contributed by atoms with Gasteiger partial charge in [0.1, 0.15) is 18.1 Å². The van der Waals surface area contributed by atoms with E-state index in [1.165, 1.54) is 11.8 Å². The van der Waals surface area contributed by atoms with Crippen LogP contribution in [0.3, 0.4) is 0 Å². The molecule has 0 spiro atoms. The molecule has 204 valence electrons. The molecule has 0 heterocycles. The summed E-state index contributed by atoms with van der Waals surface area (Å²) in [5.41, 5.74) is 17.1. The van der Waals surface area contributed by atoms with Crippen LogP contribution in [-0.2, 0) is 19.2 Å². The van der Waals surface area contributed by atoms with Crippen LogP contribution in [0.2, 0.25) is 0 Å². The van der Waals surface area contributed by atoms with Gasteiger partial charge in [0.2, 0.25) is 17.7 Å². The number of unbranched alkanes of at least 4 members (excludes halogenated alkanes) is 2. The number of amides is 3. The minimum atomic E-state index is -1.14. The number of carboxylic acids is 1. The molecule has 0 aromatic heterocycles. The second kappa shape index (κ2) is 19.3. The number of aliphatic carboxylic acids is 1. The van der Waals surface area contributed by atoms with Crippen LogP contribution in [0.25, 0.3) is 0 Å². The number of rotatable bonds is 20. The van der Waals surface area contributed by atoms with E-state index in [0.29, 0.717) is 63.8 Å². The van der Waals surface area contributed by atoms with E-state index in [1.54, 1.807) is 0 Å². The number of carbonyl (C=O) groups is 4. The molecule has 0 fully saturated rings. The van der Waals surface area contributed by atoms with Crippen molar-refractivity contribution in [1.29, 1.82) is 0 Å². The standard InChI is InChI=1S/C23H46N6O5S/c1-4-15(2)19(26)22(32)28-16(9-5-7-12-24)20(30)27-17(11-14-35-3)21(31)29-18(23(33)34)10-6-8-13-25/h15-19H,4-14,24-26H2,1-3H3,(H,27,30)(H,28,32)(H,29,31)(H,33,34). The minimum Gasteiger partial charge on any atom is -0.480 e. The maximum Gasteiger partial charge on any atom is 0.326 e. The number of thioether (sulfide) groups is 1. The normalized spacial score (nSPS) is 15.4. The highest BCUT2D eigenvalue weighted by Gasteiger charge is 2.30. The van der Waals surface area contributed by atoms with Gasteiger partial charge in [0.25, 0.3) is 0 Å². The first-order chi connectivity index (χ1) is 16.6. The molecule has 0 rings (SSSR count). The lowest BCUT2D eigenvalue weighted by atomic mass is 9.98. The lowest BCUT2D eigenvalue weighted by Gasteiger charge is -2.26. The summed E-state index contributed by atoms with van der Waals surface area (Å²) in [4.78, 5) is 50.3. The number of hydrogen-bond donors (Lipinski definition) is 7. The Balaban J connectivity index is 5.45. The lowest BCUT2D eigenvalue weighted by molar-refractivity contribution is -0.142. The van der Waals surface area contributed by atoms with E-state index < -0.39 is 47.9 Å². The van der Waals surface area contributed by atoms with Gasteiger partial charge in [0.15, 0.2) is 0 Å². The van der Waals surface area contributed by atoms with Gasteiger partial charge in [-0.3, -0.25) is 14.4 Å². The van der Waals surface area contributed by atoms with E-state index in [-0.39, 0.29) is 12.3 Å². The highest BCUT2D eigenvalue weighted by molar-refractivity contribution is 7.98. The summed E-state index contributed by atoms with van der Waals surface area (Å²) in [6.45, 7) is 4.68. The molecule has 0 aliphatic heterocycles. The number of nitrogens with two attached hydrogens (primary N) is 3. The second-order valence-electron chi connectivity index (χ2n) is 8.78. The van der Waals surface area contributed by atoms with E-state index in [4.69, 9.17) is 17.2 Å². The molecular weight excluding hydrogens is 472 g/mol. The van der Waals surface area contributed by atoms with Gasteiger partial charge in [-0.15, -0.1) is 0 Å². The number of hydrogen-bond acceptors (Lipinski definition) is 8. The molecule has 0 aromatic rings. The molecule has 35 heavy (non-hydrogen) atoms. The molecule has 0 saturated carbocycles. The molecule has 0 radical (unpaired) electrons. The van der Waals surface area contributed by atoms with Crippen LogP contribution in [0.15, 0.2) is 0 Å². The maximum atomic E-state index is 13.1. The molecule has 0 bridgehead atoms. The number of carboxylic acid groups (broad SMARTS) is 1. The van der Waals surface area contributed by atoms with Crippen LogP contribution in [0.1, 0.15) is 65.2 Å². The monoisotopic (exact) mass is 518 g/mol. The second-order valence-corrected chi connectivity index (χ2v) is 9.77. The molecular formula is C23H46N6O5S. The summed E-state index contributed by atoms with van der Waals surface area (Å²) in [5.74, 6) is -2.14. The third-order valence-electron chi connectivity index (χ3n) is 5.94. The smallest absolute Gasteiger partial charge is 0.326 e. The fraction of sp³-hybridized carbons (Fsp3) is 0.826. The first-order valence-corrected chi connectivity index (χ1v) is 13.8. The van der Waals surface area contributed by atoms with Crippen LogP contribution in [0.5, 0.6) is 0 Å². The van der Waals surface area contributed by atoms with Gasteiger partial charge < -0.3 is 38.3 Å². The Bertz CT molecular complexity index is 654. The van der Waals surface area contributed by atoms with Crippen LogP contribution >= 0.6 is 11.8 Å². The molecule has 12 heteroatoms. The Hall–Kier alpha value is -1.89. The van der Waals surface area contributed by atoms with E-state index in [9.17, 15) is 24.3 Å². The van der Waals surface area contributed by atoms with Crippen molar-refractivity contribution in [3.05, 3.63) is 0 Å². The fourth-order valence-corrected chi connectivity index (χ4v) is 3.81. The summed E-state index contributed by atoms with van der Waals surface area (Å²) >= 11 is 1.50. The molecule has 10 N–H and O–H groups in total. The molecule has 0 aliphatic rings. The van der Waals surface area contributed by atoms with Gasteiger partial charge in [-0.05, 0) is 76.0 Å². The predicted octanol–water partition coefficient (Wildman–Crippen LogP) is -0.0901. The molecule has 5 atom stereocenters. The largest absolute Gasteiger partial charge is 0.480 e. The first kappa shape index (κ1) is 33.1. The number of nitrogens with one attached hydrogen (secondary N) is 3. The Kier molecular flexibility index (Phi) is 18.3. The molecule has 3 amide bonds. The highest BCUT2D eigenvalue weighted by Crippen LogP contribution is 2.09. The molecule has 0 aliphatic carbocycles. The van der Waals surface area contributed by atoms with E-state index in [2.05, 4.69) is 16.0 Å². The Morgan fingerprint density at radius 2 is 1.26 bits per heavy atom. The summed E-state index contributed by atoms with van der Waals surface area (Å²) in [6.07, 6.45) is 5.97. The third kappa shape index (κ3) is 13.7. The zero-order valence-electron chi connectivity index (χ0n) is 21.4. The van der Waals surface area contributed by atoms with Crippen molar-refractivity contribution >= 4 is 35.5 Å². The lowest BCUT2D eigenvalue weighted by Crippen LogP contribution is -2.57. The Morgan fingerprint density at radius 1 is 0.800 bits per heavy atom. The van der Waals surface area contributed by atoms with Gasteiger partial charge in [0.05, 0.1) is 6.04 Å². The third-order valence-corrected chi connectivity index (χ3v) is 6.59. The van der Waals surface area contributed by atoms with Crippen LogP contribution in [0.4, 0.5) is 0 Å². The van der Waals surface area contributed by atoms with Crippen molar-refractivity contribution < 1.29 is 24.3 Å². The number of carbonyl (C=O) groups excluding carboxylic acids is 3. The van der Waals surface area contributed by atoms with Crippen molar-refractivity contribution in [2.75, 3.05) is 25.1 Å². The quantitative estimate of drug-likeness (QED) is 0.107. The minimum absolute atomic E-state index is 0.0601. The molecule has 0 saturated heterocycles. The molecule has 11 nitrogen and oxygen atoms in total. The molecule has 0 aromatic carbocycles. The maximum absolute atomic E-state index is 13.1. The van der Waals surface area contributed by atoms with Gasteiger partial charge in [-0.2, -0.15) is 11.8 Å². The predicted molar refractivity (Wildman–Crippen MR) is 140 cm³/mol. The zero-order valence-corrected chi connectivity index (χ0v) is 22.2. The van der Waals surface area contributed by atoms with Gasteiger partial charge in [0, 0.05) is 0 Å². The van der Waals surface area contributed by atoms with Crippen molar-refractivity contribution in [2.24, 2.45) is 23.1 Å². The topological polar surface area (TPSA) is 203 Å². The van der Waals surface area contributed by atoms with Crippen molar-refractivity contribution in [3.63, 3.8) is 0 Å². The van der Waals surface area contributed by atoms with Gasteiger partial charge >= 0.3 is 5.97 Å². The Morgan fingerprint density at radius 3 is 1.71 bits per heavy atom. The highest BCUT2D eigenvalue weighted by atomic mass is 32.2. The van der Waals surface area contributed by atoms with Crippen molar-refractivity contribution in [1.82, 2.24) is 16.0 Å². The van der Waals surface area contributed by atoms with Crippen molar-refractivity contribution in [2.45, 2.75) is 89.4 Å². The van der Waals surface area contributed by atoms with Gasteiger partial charge in [-0.1, -0.05) is 20.3 Å². The van der Waals surface area contributed by atoms with Crippen LogP contribution < -0.4 is 33.2 Å². The van der Waals surface area contributed by atoms with Crippen LogP contribution in [0, 0.1) is 5.92 Å². The van der Waals surface area contributed by atoms with Crippen LogP contribution in [-0.4, -0.2) is 78.1 Å². The van der Waals surface area contributed by atoms with E-state index in [0.717, 1.165) is 0 Å². The summed E-state index contributed by atoms with van der Waals surface area (Å²) in [6, 6.07) is -3.65. The summed E-state index contributed by atoms with van der Waals surface area (Å²) in [7, 11) is 0. The average Bonchev–Trinajstić information content (AvgIpc) is 2.83. The average molecular weight is 519 g/mol. The summed E-state index contributed by atoms with van der Waals surface area (Å²) in [5, 5.41) is 17.5. The molecule has 5 unspecified atom stereocenters. The first-order valence-electron chi connectivity index (χ1n) is 12.4. The SMILES string of the molecule is CCC(C)C(N)C(=O)NC(CCCCN)C(=O)NC(CCSC)C(=O)NC(CCCCN)C(=O)O.